The van der Waals surface area contributed by atoms with E-state index < -0.39 is 0 Å². The molecule has 0 aliphatic rings. The molecule has 0 bridgehead atoms. The summed E-state index contributed by atoms with van der Waals surface area (Å²) in [6.45, 7) is 0. The van der Waals surface area contributed by atoms with Crippen molar-refractivity contribution in [1.29, 1.82) is 0 Å². The van der Waals surface area contributed by atoms with Gasteiger partial charge in [-0.3, -0.25) is 0 Å². The topological polar surface area (TPSA) is 35.6 Å². The summed E-state index contributed by atoms with van der Waals surface area (Å²) in [5, 5.41) is 9.92. The Bertz CT molecular complexity index is 4750. The first-order valence-electron chi connectivity index (χ1n) is 27.4. The summed E-state index contributed by atoms with van der Waals surface area (Å²) in [6, 6.07) is 105. The lowest BCUT2D eigenvalue weighted by Crippen LogP contribution is -1.96. The molecule has 0 N–H and O–H groups in total. The molecule has 16 rings (SSSR count). The van der Waals surface area contributed by atoms with E-state index in [2.05, 4.69) is 276 Å². The molecule has 16 aromatic rings. The van der Waals surface area contributed by atoms with Crippen molar-refractivity contribution in [2.24, 2.45) is 0 Å². The number of rotatable bonds is 8. The van der Waals surface area contributed by atoms with Crippen LogP contribution in [0.15, 0.2) is 291 Å². The molecule has 4 nitrogen and oxygen atoms in total. The molecule has 0 aliphatic carbocycles. The predicted octanol–water partition coefficient (Wildman–Crippen LogP) is 20.1. The number of hydrogen-bond donors (Lipinski definition) is 0. The van der Waals surface area contributed by atoms with Gasteiger partial charge in [0.15, 0.2) is 0 Å². The van der Waals surface area contributed by atoms with E-state index in [0.29, 0.717) is 0 Å². The summed E-state index contributed by atoms with van der Waals surface area (Å²) in [4.78, 5) is 10.6. The van der Waals surface area contributed by atoms with Crippen LogP contribution in [0.3, 0.4) is 0 Å². The Morgan fingerprint density at radius 1 is 0.212 bits per heavy atom. The van der Waals surface area contributed by atoms with Crippen molar-refractivity contribution in [3.05, 3.63) is 291 Å². The van der Waals surface area contributed by atoms with E-state index in [0.717, 1.165) is 67.2 Å². The number of benzene rings is 13. The Hall–Kier alpha value is -10.7. The average molecular weight is 1020 g/mol. The molecule has 80 heavy (non-hydrogen) atoms. The fraction of sp³-hybridized carbons (Fsp3) is 0. The Labute approximate surface area is 462 Å². The Balaban J connectivity index is 0.711. The highest BCUT2D eigenvalue weighted by molar-refractivity contribution is 6.12. The lowest BCUT2D eigenvalue weighted by atomic mass is 9.97. The van der Waals surface area contributed by atoms with Crippen LogP contribution in [0.25, 0.3) is 155 Å². The maximum atomic E-state index is 5.30. The van der Waals surface area contributed by atoms with Crippen molar-refractivity contribution >= 4 is 76.2 Å². The fourth-order valence-corrected chi connectivity index (χ4v) is 12.4. The van der Waals surface area contributed by atoms with Crippen LogP contribution in [0.2, 0.25) is 0 Å². The van der Waals surface area contributed by atoms with E-state index in [1.807, 2.05) is 24.3 Å². The molecule has 0 saturated carbocycles. The standard InChI is InChI=1S/C76H48N4/c1-3-17-61-51(13-1)15-11-21-63(61)53-35-41-59(42-36-53)79-71-25-9-5-19-65(71)67-47-57(39-45-73(67)79)49-27-31-55(32-28-49)75-76(78-70-24-8-7-23-69(70)77-75)56-33-29-50(30-34-56)58-40-46-74-68(48-58)66-20-6-10-26-72(66)80(74)60-43-37-54(38-44-60)64-22-12-16-52-14-2-4-18-62(52)64/h1-48H. The van der Waals surface area contributed by atoms with Crippen LogP contribution in [0, 0.1) is 0 Å². The van der Waals surface area contributed by atoms with Gasteiger partial charge in [0.2, 0.25) is 0 Å². The molecule has 3 aromatic heterocycles. The molecule has 372 valence electrons. The number of nitrogens with zero attached hydrogens (tertiary/aromatic N) is 4. The van der Waals surface area contributed by atoms with Gasteiger partial charge in [-0.2, -0.15) is 0 Å². The third-order valence-corrected chi connectivity index (χ3v) is 16.4. The summed E-state index contributed by atoms with van der Waals surface area (Å²) in [5.41, 5.74) is 22.0. The van der Waals surface area contributed by atoms with Gasteiger partial charge in [0.25, 0.3) is 0 Å². The maximum Gasteiger partial charge on any atom is 0.0973 e. The smallest absolute Gasteiger partial charge is 0.0973 e. The van der Waals surface area contributed by atoms with Crippen molar-refractivity contribution in [2.75, 3.05) is 0 Å². The molecular weight excluding hydrogens is 969 g/mol. The first-order valence-corrected chi connectivity index (χ1v) is 27.4. The highest BCUT2D eigenvalue weighted by Crippen LogP contribution is 2.40. The summed E-state index contributed by atoms with van der Waals surface area (Å²) in [7, 11) is 0. The summed E-state index contributed by atoms with van der Waals surface area (Å²) >= 11 is 0. The van der Waals surface area contributed by atoms with Crippen molar-refractivity contribution in [2.45, 2.75) is 0 Å². The number of aromatic nitrogens is 4. The van der Waals surface area contributed by atoms with Gasteiger partial charge in [0, 0.05) is 44.0 Å². The lowest BCUT2D eigenvalue weighted by molar-refractivity contribution is 1.18. The van der Waals surface area contributed by atoms with Gasteiger partial charge in [0.1, 0.15) is 0 Å². The molecule has 0 saturated heterocycles. The van der Waals surface area contributed by atoms with Crippen molar-refractivity contribution in [3.63, 3.8) is 0 Å². The summed E-state index contributed by atoms with van der Waals surface area (Å²) in [5.74, 6) is 0. The molecule has 3 heterocycles. The number of para-hydroxylation sites is 4. The molecule has 0 unspecified atom stereocenters. The molecule has 0 amide bonds. The third-order valence-electron chi connectivity index (χ3n) is 16.4. The normalized spacial score (nSPS) is 11.8. The fourth-order valence-electron chi connectivity index (χ4n) is 12.4. The van der Waals surface area contributed by atoms with E-state index in [-0.39, 0.29) is 0 Å². The van der Waals surface area contributed by atoms with Gasteiger partial charge in [-0.15, -0.1) is 0 Å². The quantitative estimate of drug-likeness (QED) is 0.152. The molecule has 0 radical (unpaired) electrons. The van der Waals surface area contributed by atoms with E-state index in [4.69, 9.17) is 9.97 Å². The molecule has 0 fully saturated rings. The van der Waals surface area contributed by atoms with Crippen LogP contribution in [0.1, 0.15) is 0 Å². The van der Waals surface area contributed by atoms with Gasteiger partial charge < -0.3 is 9.13 Å². The van der Waals surface area contributed by atoms with E-state index in [9.17, 15) is 0 Å². The minimum atomic E-state index is 0.854. The van der Waals surface area contributed by atoms with Crippen LogP contribution in [-0.4, -0.2) is 19.1 Å². The molecule has 0 spiro atoms. The second-order valence-corrected chi connectivity index (χ2v) is 20.9. The molecular formula is C76H48N4. The van der Waals surface area contributed by atoms with Crippen molar-refractivity contribution < 1.29 is 0 Å². The Morgan fingerprint density at radius 2 is 0.537 bits per heavy atom. The van der Waals surface area contributed by atoms with Gasteiger partial charge in [-0.05, 0) is 139 Å². The molecule has 0 atom stereocenters. The number of fused-ring (bicyclic) bond motifs is 9. The minimum Gasteiger partial charge on any atom is -0.309 e. The predicted molar refractivity (Wildman–Crippen MR) is 336 cm³/mol. The van der Waals surface area contributed by atoms with Crippen LogP contribution < -0.4 is 0 Å². The number of hydrogen-bond acceptors (Lipinski definition) is 2. The van der Waals surface area contributed by atoms with E-state index in [1.165, 1.54) is 87.4 Å². The van der Waals surface area contributed by atoms with Gasteiger partial charge in [-0.1, -0.05) is 218 Å². The first kappa shape index (κ1) is 45.5. The minimum absolute atomic E-state index is 0.854. The Morgan fingerprint density at radius 3 is 0.975 bits per heavy atom. The second kappa shape index (κ2) is 18.5. The highest BCUT2D eigenvalue weighted by Gasteiger charge is 2.19. The molecule has 13 aromatic carbocycles. The van der Waals surface area contributed by atoms with E-state index in [1.54, 1.807) is 0 Å². The maximum absolute atomic E-state index is 5.30. The zero-order chi connectivity index (χ0) is 52.7. The summed E-state index contributed by atoms with van der Waals surface area (Å²) in [6.07, 6.45) is 0. The SMILES string of the molecule is c1ccc2c(-c3ccc(-n4c5ccccc5c5cc(-c6ccc(-c7nc8ccccc8nc7-c7ccc(-c8ccc9c(c8)c8ccccc8n9-c8ccc(-c9cccc%10ccccc9%10)cc8)cc7)cc6)ccc54)cc3)cccc2c1. The third kappa shape index (κ3) is 7.53. The Kier molecular flexibility index (Phi) is 10.5. The van der Waals surface area contributed by atoms with E-state index >= 15 is 0 Å². The zero-order valence-electron chi connectivity index (χ0n) is 43.5. The van der Waals surface area contributed by atoms with Gasteiger partial charge >= 0.3 is 0 Å². The first-order chi connectivity index (χ1) is 39.6. The van der Waals surface area contributed by atoms with Gasteiger partial charge in [0.05, 0.1) is 44.5 Å². The van der Waals surface area contributed by atoms with Crippen molar-refractivity contribution in [1.82, 2.24) is 19.1 Å². The largest absolute Gasteiger partial charge is 0.309 e. The molecule has 0 aliphatic heterocycles. The van der Waals surface area contributed by atoms with Gasteiger partial charge in [-0.25, -0.2) is 9.97 Å². The zero-order valence-corrected chi connectivity index (χ0v) is 43.5. The summed E-state index contributed by atoms with van der Waals surface area (Å²) < 4.78 is 4.78. The average Bonchev–Trinajstić information content (AvgIpc) is 4.28. The molecule has 4 heteroatoms. The van der Waals surface area contributed by atoms with Crippen LogP contribution in [0.4, 0.5) is 0 Å². The van der Waals surface area contributed by atoms with Crippen molar-refractivity contribution in [3.8, 4) is 78.4 Å². The van der Waals surface area contributed by atoms with Crippen LogP contribution in [0.5, 0.6) is 0 Å². The lowest BCUT2D eigenvalue weighted by Gasteiger charge is -2.13. The van der Waals surface area contributed by atoms with Crippen LogP contribution in [-0.2, 0) is 0 Å². The second-order valence-electron chi connectivity index (χ2n) is 20.9. The monoisotopic (exact) mass is 1020 g/mol. The van der Waals surface area contributed by atoms with Crippen LogP contribution >= 0.6 is 0 Å². The highest BCUT2D eigenvalue weighted by atomic mass is 15.0.